The van der Waals surface area contributed by atoms with Crippen molar-refractivity contribution in [1.29, 1.82) is 0 Å². The van der Waals surface area contributed by atoms with Crippen LogP contribution >= 0.6 is 0 Å². The van der Waals surface area contributed by atoms with Crippen molar-refractivity contribution >= 4 is 16.8 Å². The van der Waals surface area contributed by atoms with Crippen LogP contribution in [0.2, 0.25) is 0 Å². The molecule has 0 bridgehead atoms. The third-order valence-electron chi connectivity index (χ3n) is 4.09. The third kappa shape index (κ3) is 2.43. The highest BCUT2D eigenvalue weighted by Crippen LogP contribution is 2.32. The summed E-state index contributed by atoms with van der Waals surface area (Å²) in [6, 6.07) is 10.6. The van der Waals surface area contributed by atoms with Crippen molar-refractivity contribution < 1.29 is 4.79 Å². The molecule has 3 N–H and O–H groups in total. The number of amides is 1. The molecule has 1 fully saturated rings. The number of carbonyl (C=O) groups is 1. The van der Waals surface area contributed by atoms with Crippen LogP contribution in [-0.2, 0) is 4.79 Å². The summed E-state index contributed by atoms with van der Waals surface area (Å²) in [6.07, 6.45) is 3.74. The summed E-state index contributed by atoms with van der Waals surface area (Å²) in [5.41, 5.74) is 7.81. The molecule has 4 nitrogen and oxygen atoms in total. The fourth-order valence-electron chi connectivity index (χ4n) is 3.10. The van der Waals surface area contributed by atoms with Gasteiger partial charge in [0.05, 0.1) is 6.04 Å². The Labute approximate surface area is 118 Å². The number of hydrogen-bond acceptors (Lipinski definition) is 2. The van der Waals surface area contributed by atoms with E-state index in [2.05, 4.69) is 23.2 Å². The number of piperidine rings is 1. The van der Waals surface area contributed by atoms with Crippen LogP contribution in [0.15, 0.2) is 30.3 Å². The van der Waals surface area contributed by atoms with Crippen molar-refractivity contribution in [3.63, 3.8) is 0 Å². The number of hydrogen-bond donors (Lipinski definition) is 2. The number of aromatic nitrogens is 1. The molecule has 1 amide bonds. The molecule has 1 aromatic heterocycles. The highest BCUT2D eigenvalue weighted by molar-refractivity contribution is 5.81. The topological polar surface area (TPSA) is 62.1 Å². The Balaban J connectivity index is 1.90. The minimum absolute atomic E-state index is 0.176. The van der Waals surface area contributed by atoms with Gasteiger partial charge in [-0.3, -0.25) is 4.79 Å². The summed E-state index contributed by atoms with van der Waals surface area (Å²) in [4.78, 5) is 17.7. The molecule has 0 aliphatic carbocycles. The van der Waals surface area contributed by atoms with Gasteiger partial charge in [-0.2, -0.15) is 0 Å². The molecule has 1 saturated heterocycles. The number of carbonyl (C=O) groups excluding carboxylic acids is 1. The molecular weight excluding hydrogens is 250 g/mol. The van der Waals surface area contributed by atoms with Gasteiger partial charge in [0.1, 0.15) is 0 Å². The predicted octanol–water partition coefficient (Wildman–Crippen LogP) is 2.57. The van der Waals surface area contributed by atoms with Crippen molar-refractivity contribution in [3.05, 3.63) is 36.0 Å². The summed E-state index contributed by atoms with van der Waals surface area (Å²) in [6.45, 7) is 1.27. The fourth-order valence-corrected chi connectivity index (χ4v) is 3.10. The van der Waals surface area contributed by atoms with E-state index in [1.54, 1.807) is 0 Å². The lowest BCUT2D eigenvalue weighted by atomic mass is 9.99. The molecule has 1 atom stereocenters. The Hall–Kier alpha value is -1.81. The molecule has 20 heavy (non-hydrogen) atoms. The maximum atomic E-state index is 12.2. The van der Waals surface area contributed by atoms with Gasteiger partial charge in [-0.15, -0.1) is 0 Å². The van der Waals surface area contributed by atoms with E-state index < -0.39 is 0 Å². The molecule has 2 heterocycles. The van der Waals surface area contributed by atoms with E-state index in [0.717, 1.165) is 30.6 Å². The largest absolute Gasteiger partial charge is 0.357 e. The molecule has 4 heteroatoms. The van der Waals surface area contributed by atoms with Gasteiger partial charge in [-0.1, -0.05) is 18.2 Å². The Kier molecular flexibility index (Phi) is 3.74. The third-order valence-corrected chi connectivity index (χ3v) is 4.09. The maximum Gasteiger partial charge on any atom is 0.224 e. The van der Waals surface area contributed by atoms with Gasteiger partial charge in [-0.25, -0.2) is 0 Å². The van der Waals surface area contributed by atoms with Crippen molar-refractivity contribution in [2.45, 2.75) is 31.7 Å². The van der Waals surface area contributed by atoms with Gasteiger partial charge in [0.25, 0.3) is 0 Å². The molecule has 0 saturated carbocycles. The molecule has 1 aliphatic heterocycles. The first-order valence-electron chi connectivity index (χ1n) is 7.37. The van der Waals surface area contributed by atoms with E-state index in [4.69, 9.17) is 5.73 Å². The molecule has 1 unspecified atom stereocenters. The number of nitrogens with two attached hydrogens (primary N) is 1. The Morgan fingerprint density at radius 1 is 1.35 bits per heavy atom. The van der Waals surface area contributed by atoms with E-state index >= 15 is 0 Å². The lowest BCUT2D eigenvalue weighted by molar-refractivity contribution is -0.134. The molecule has 1 aromatic carbocycles. The van der Waals surface area contributed by atoms with E-state index in [1.807, 2.05) is 17.0 Å². The normalized spacial score (nSPS) is 19.4. The summed E-state index contributed by atoms with van der Waals surface area (Å²) < 4.78 is 0. The van der Waals surface area contributed by atoms with Crippen LogP contribution in [0.3, 0.4) is 0 Å². The molecule has 1 aliphatic rings. The standard InChI is InChI=1S/C16H21N3O/c17-9-8-16(20)19-10-4-3-7-15(19)14-11-12-5-1-2-6-13(12)18-14/h1-2,5-6,11,15,18H,3-4,7-10,17H2. The minimum atomic E-state index is 0.176. The lowest BCUT2D eigenvalue weighted by Crippen LogP contribution is -2.39. The first kappa shape index (κ1) is 13.2. The molecule has 0 spiro atoms. The number of aromatic amines is 1. The van der Waals surface area contributed by atoms with Gasteiger partial charge in [-0.05, 0) is 36.8 Å². The molecule has 106 valence electrons. The number of benzene rings is 1. The highest BCUT2D eigenvalue weighted by Gasteiger charge is 2.28. The van der Waals surface area contributed by atoms with Crippen LogP contribution in [0.5, 0.6) is 0 Å². The van der Waals surface area contributed by atoms with Crippen LogP contribution in [-0.4, -0.2) is 28.9 Å². The zero-order chi connectivity index (χ0) is 13.9. The second kappa shape index (κ2) is 5.67. The van der Waals surface area contributed by atoms with Crippen LogP contribution in [0.1, 0.15) is 37.4 Å². The van der Waals surface area contributed by atoms with Gasteiger partial charge < -0.3 is 15.6 Å². The van der Waals surface area contributed by atoms with Crippen molar-refractivity contribution in [3.8, 4) is 0 Å². The average molecular weight is 271 g/mol. The second-order valence-corrected chi connectivity index (χ2v) is 5.45. The number of H-pyrrole nitrogens is 1. The number of para-hydroxylation sites is 1. The first-order valence-corrected chi connectivity index (χ1v) is 7.37. The Bertz CT molecular complexity index is 572. The molecule has 2 aromatic rings. The highest BCUT2D eigenvalue weighted by atomic mass is 16.2. The number of fused-ring (bicyclic) bond motifs is 1. The molecule has 0 radical (unpaired) electrons. The first-order chi connectivity index (χ1) is 9.79. The SMILES string of the molecule is NCCC(=O)N1CCCCC1c1cc2ccccc2[nH]1. The zero-order valence-electron chi connectivity index (χ0n) is 11.6. The number of likely N-dealkylation sites (tertiary alicyclic amines) is 1. The Morgan fingerprint density at radius 2 is 2.20 bits per heavy atom. The lowest BCUT2D eigenvalue weighted by Gasteiger charge is -2.35. The van der Waals surface area contributed by atoms with Crippen LogP contribution in [0.25, 0.3) is 10.9 Å². The van der Waals surface area contributed by atoms with Crippen molar-refractivity contribution in [1.82, 2.24) is 9.88 Å². The maximum absolute atomic E-state index is 12.2. The zero-order valence-corrected chi connectivity index (χ0v) is 11.6. The predicted molar refractivity (Wildman–Crippen MR) is 80.3 cm³/mol. The van der Waals surface area contributed by atoms with Gasteiger partial charge in [0, 0.05) is 30.7 Å². The van der Waals surface area contributed by atoms with Crippen LogP contribution < -0.4 is 5.73 Å². The van der Waals surface area contributed by atoms with Gasteiger partial charge >= 0.3 is 0 Å². The monoisotopic (exact) mass is 271 g/mol. The second-order valence-electron chi connectivity index (χ2n) is 5.45. The van der Waals surface area contributed by atoms with E-state index in [9.17, 15) is 4.79 Å². The van der Waals surface area contributed by atoms with Crippen molar-refractivity contribution in [2.24, 2.45) is 5.73 Å². The fraction of sp³-hybridized carbons (Fsp3) is 0.438. The summed E-state index contributed by atoms with van der Waals surface area (Å²) in [5.74, 6) is 0.177. The Morgan fingerprint density at radius 3 is 3.00 bits per heavy atom. The molecule has 3 rings (SSSR count). The van der Waals surface area contributed by atoms with E-state index in [-0.39, 0.29) is 11.9 Å². The quantitative estimate of drug-likeness (QED) is 0.901. The summed E-state index contributed by atoms with van der Waals surface area (Å²) in [7, 11) is 0. The number of nitrogens with zero attached hydrogens (tertiary/aromatic N) is 1. The van der Waals surface area contributed by atoms with Crippen LogP contribution in [0.4, 0.5) is 0 Å². The summed E-state index contributed by atoms with van der Waals surface area (Å²) >= 11 is 0. The van der Waals surface area contributed by atoms with Gasteiger partial charge in [0.15, 0.2) is 0 Å². The van der Waals surface area contributed by atoms with Crippen molar-refractivity contribution in [2.75, 3.05) is 13.1 Å². The van der Waals surface area contributed by atoms with Gasteiger partial charge in [0.2, 0.25) is 5.91 Å². The number of rotatable bonds is 3. The average Bonchev–Trinajstić information content (AvgIpc) is 2.91. The summed E-state index contributed by atoms with van der Waals surface area (Å²) in [5, 5.41) is 1.21. The minimum Gasteiger partial charge on any atom is -0.357 e. The van der Waals surface area contributed by atoms with Crippen LogP contribution in [0, 0.1) is 0 Å². The van der Waals surface area contributed by atoms with E-state index in [1.165, 1.54) is 11.8 Å². The smallest absolute Gasteiger partial charge is 0.224 e. The molecular formula is C16H21N3O. The van der Waals surface area contributed by atoms with E-state index in [0.29, 0.717) is 13.0 Å². The number of nitrogens with one attached hydrogen (secondary N) is 1.